The highest BCUT2D eigenvalue weighted by molar-refractivity contribution is 9.09. The van der Waals surface area contributed by atoms with E-state index in [-0.39, 0.29) is 5.41 Å². The molecule has 0 fully saturated rings. The molecule has 0 unspecified atom stereocenters. The van der Waals surface area contributed by atoms with Gasteiger partial charge in [-0.2, -0.15) is 0 Å². The summed E-state index contributed by atoms with van der Waals surface area (Å²) in [6, 6.07) is 8.25. The number of hydrogen-bond acceptors (Lipinski definition) is 0. The first kappa shape index (κ1) is 15.5. The molecule has 0 spiro atoms. The molecule has 0 saturated heterocycles. The lowest BCUT2D eigenvalue weighted by Crippen LogP contribution is -2.30. The third-order valence-corrected chi connectivity index (χ3v) is 5.57. The quantitative estimate of drug-likeness (QED) is 0.545. The van der Waals surface area contributed by atoms with Crippen molar-refractivity contribution in [2.75, 3.05) is 10.7 Å². The molecule has 0 radical (unpaired) electrons. The van der Waals surface area contributed by atoms with E-state index in [0.29, 0.717) is 0 Å². The fraction of sp³-hybridized carbons (Fsp3) is 0.571. The van der Waals surface area contributed by atoms with Gasteiger partial charge < -0.3 is 0 Å². The van der Waals surface area contributed by atoms with Crippen LogP contribution in [0.1, 0.15) is 32.3 Å². The van der Waals surface area contributed by atoms with Crippen LogP contribution in [0.2, 0.25) is 5.02 Å². The van der Waals surface area contributed by atoms with Crippen molar-refractivity contribution < 1.29 is 0 Å². The van der Waals surface area contributed by atoms with E-state index < -0.39 is 0 Å². The van der Waals surface area contributed by atoms with Crippen LogP contribution in [0.15, 0.2) is 24.3 Å². The van der Waals surface area contributed by atoms with Crippen LogP contribution in [0.25, 0.3) is 0 Å². The van der Waals surface area contributed by atoms with Gasteiger partial charge >= 0.3 is 0 Å². The van der Waals surface area contributed by atoms with Gasteiger partial charge in [0.25, 0.3) is 0 Å². The summed E-state index contributed by atoms with van der Waals surface area (Å²) in [5.74, 6) is 0.736. The van der Waals surface area contributed by atoms with Gasteiger partial charge in [-0.05, 0) is 30.0 Å². The maximum atomic E-state index is 5.95. The van der Waals surface area contributed by atoms with E-state index in [2.05, 4.69) is 57.8 Å². The lowest BCUT2D eigenvalue weighted by molar-refractivity contribution is 0.431. The van der Waals surface area contributed by atoms with Crippen molar-refractivity contribution in [2.24, 2.45) is 5.92 Å². The molecule has 0 aromatic heterocycles. The molecule has 0 amide bonds. The van der Waals surface area contributed by atoms with Gasteiger partial charge in [0.1, 0.15) is 0 Å². The van der Waals surface area contributed by atoms with Crippen molar-refractivity contribution in [1.29, 1.82) is 0 Å². The van der Waals surface area contributed by atoms with Crippen LogP contribution in [0.3, 0.4) is 0 Å². The lowest BCUT2D eigenvalue weighted by atomic mass is 9.79. The molecule has 0 aliphatic heterocycles. The van der Waals surface area contributed by atoms with Crippen LogP contribution in [0, 0.1) is 5.92 Å². The maximum absolute atomic E-state index is 5.95. The minimum Gasteiger partial charge on any atom is -0.0918 e. The summed E-state index contributed by atoms with van der Waals surface area (Å²) < 4.78 is 0. The summed E-state index contributed by atoms with van der Waals surface area (Å²) >= 11 is 13.3. The maximum Gasteiger partial charge on any atom is 0.0406 e. The highest BCUT2D eigenvalue weighted by Gasteiger charge is 2.29. The minimum absolute atomic E-state index is 0.175. The van der Waals surface area contributed by atoms with E-state index in [4.69, 9.17) is 11.6 Å². The number of rotatable bonds is 6. The first-order valence-electron chi connectivity index (χ1n) is 5.92. The molecule has 0 N–H and O–H groups in total. The Labute approximate surface area is 126 Å². The van der Waals surface area contributed by atoms with Crippen LogP contribution in [0.4, 0.5) is 0 Å². The summed E-state index contributed by atoms with van der Waals surface area (Å²) in [4.78, 5) is 0. The zero-order chi connectivity index (χ0) is 12.9. The Bertz CT molecular complexity index is 329. The average Bonchev–Trinajstić information content (AvgIpc) is 2.32. The molecule has 0 aliphatic rings. The Morgan fingerprint density at radius 2 is 1.65 bits per heavy atom. The molecule has 0 bridgehead atoms. The summed E-state index contributed by atoms with van der Waals surface area (Å²) in [5.41, 5.74) is 1.53. The van der Waals surface area contributed by atoms with Crippen molar-refractivity contribution >= 4 is 43.5 Å². The summed E-state index contributed by atoms with van der Waals surface area (Å²) in [6.07, 6.45) is 2.42. The van der Waals surface area contributed by atoms with Gasteiger partial charge in [0.15, 0.2) is 0 Å². The highest BCUT2D eigenvalue weighted by atomic mass is 79.9. The smallest absolute Gasteiger partial charge is 0.0406 e. The Kier molecular flexibility index (Phi) is 6.54. The number of benzene rings is 1. The molecule has 0 nitrogen and oxygen atoms in total. The number of hydrogen-bond donors (Lipinski definition) is 0. The van der Waals surface area contributed by atoms with Crippen LogP contribution >= 0.6 is 43.5 Å². The molecular weight excluding hydrogens is 363 g/mol. The predicted molar refractivity (Wildman–Crippen MR) is 84.8 cm³/mol. The van der Waals surface area contributed by atoms with Crippen LogP contribution < -0.4 is 0 Å². The molecule has 1 aromatic rings. The van der Waals surface area contributed by atoms with Gasteiger partial charge in [0, 0.05) is 21.1 Å². The Hall–Kier alpha value is 0.470. The zero-order valence-corrected chi connectivity index (χ0v) is 14.3. The van der Waals surface area contributed by atoms with Crippen LogP contribution in [0.5, 0.6) is 0 Å². The molecule has 0 atom stereocenters. The van der Waals surface area contributed by atoms with E-state index >= 15 is 0 Å². The second kappa shape index (κ2) is 7.16. The summed E-state index contributed by atoms with van der Waals surface area (Å²) in [7, 11) is 0. The number of halogens is 3. The van der Waals surface area contributed by atoms with Crippen molar-refractivity contribution in [3.05, 3.63) is 34.9 Å². The van der Waals surface area contributed by atoms with Gasteiger partial charge in [0.05, 0.1) is 0 Å². The van der Waals surface area contributed by atoms with Crippen molar-refractivity contribution in [1.82, 2.24) is 0 Å². The normalized spacial score (nSPS) is 12.1. The van der Waals surface area contributed by atoms with Crippen LogP contribution in [-0.2, 0) is 5.41 Å². The predicted octanol–water partition coefficient (Wildman–Crippen LogP) is 5.80. The average molecular weight is 383 g/mol. The third kappa shape index (κ3) is 4.25. The first-order chi connectivity index (χ1) is 8.04. The minimum atomic E-state index is 0.175. The van der Waals surface area contributed by atoms with Gasteiger partial charge in [-0.15, -0.1) is 0 Å². The zero-order valence-electron chi connectivity index (χ0n) is 10.3. The highest BCUT2D eigenvalue weighted by Crippen LogP contribution is 2.35. The van der Waals surface area contributed by atoms with Gasteiger partial charge in [-0.1, -0.05) is 75.9 Å². The molecule has 96 valence electrons. The molecule has 3 heteroatoms. The molecule has 0 saturated carbocycles. The fourth-order valence-electron chi connectivity index (χ4n) is 1.84. The standard InChI is InChI=1S/C14H19Br2Cl/c1-11(2)7-8-14(9-15,10-16)12-3-5-13(17)6-4-12/h3-6,11H,7-10H2,1-2H3. The Morgan fingerprint density at radius 3 is 2.06 bits per heavy atom. The molecule has 0 heterocycles. The fourth-order valence-corrected chi connectivity index (χ4v) is 4.10. The third-order valence-electron chi connectivity index (χ3n) is 3.17. The largest absolute Gasteiger partial charge is 0.0918 e. The van der Waals surface area contributed by atoms with E-state index in [0.717, 1.165) is 21.6 Å². The number of alkyl halides is 2. The van der Waals surface area contributed by atoms with E-state index in [9.17, 15) is 0 Å². The van der Waals surface area contributed by atoms with Gasteiger partial charge in [-0.3, -0.25) is 0 Å². The topological polar surface area (TPSA) is 0 Å². The first-order valence-corrected chi connectivity index (χ1v) is 8.54. The molecule has 0 aliphatic carbocycles. The molecule has 1 aromatic carbocycles. The summed E-state index contributed by atoms with van der Waals surface area (Å²) in [5, 5.41) is 2.75. The van der Waals surface area contributed by atoms with E-state index in [1.54, 1.807) is 0 Å². The second-order valence-corrected chi connectivity index (χ2v) is 6.54. The van der Waals surface area contributed by atoms with Crippen molar-refractivity contribution in [3.8, 4) is 0 Å². The Morgan fingerprint density at radius 1 is 1.12 bits per heavy atom. The van der Waals surface area contributed by atoms with E-state index in [1.807, 2.05) is 12.1 Å². The SMILES string of the molecule is CC(C)CCC(CBr)(CBr)c1ccc(Cl)cc1. The Balaban J connectivity index is 2.93. The molecule has 1 rings (SSSR count). The molecular formula is C14H19Br2Cl. The molecule has 17 heavy (non-hydrogen) atoms. The van der Waals surface area contributed by atoms with Crippen molar-refractivity contribution in [3.63, 3.8) is 0 Å². The monoisotopic (exact) mass is 380 g/mol. The summed E-state index contributed by atoms with van der Waals surface area (Å²) in [6.45, 7) is 4.55. The van der Waals surface area contributed by atoms with Crippen molar-refractivity contribution in [2.45, 2.75) is 32.1 Å². The second-order valence-electron chi connectivity index (χ2n) is 4.99. The van der Waals surface area contributed by atoms with Crippen LogP contribution in [-0.4, -0.2) is 10.7 Å². The van der Waals surface area contributed by atoms with Gasteiger partial charge in [-0.25, -0.2) is 0 Å². The lowest BCUT2D eigenvalue weighted by Gasteiger charge is -2.31. The van der Waals surface area contributed by atoms with E-state index in [1.165, 1.54) is 18.4 Å². The van der Waals surface area contributed by atoms with Gasteiger partial charge in [0.2, 0.25) is 0 Å².